The Morgan fingerprint density at radius 2 is 2.11 bits per heavy atom. The molecular formula is C23H32BO4. The summed E-state index contributed by atoms with van der Waals surface area (Å²) in [5, 5.41) is 0. The third-order valence-corrected chi connectivity index (χ3v) is 7.06. The van der Waals surface area contributed by atoms with E-state index in [2.05, 4.69) is 19.1 Å². The molecule has 28 heavy (non-hydrogen) atoms. The number of unbranched alkanes of at least 4 members (excludes halogenated alkanes) is 2. The van der Waals surface area contributed by atoms with Crippen molar-refractivity contribution in [2.75, 3.05) is 6.61 Å². The summed E-state index contributed by atoms with van der Waals surface area (Å²) in [5.74, 6) is 2.82. The van der Waals surface area contributed by atoms with Crippen molar-refractivity contribution in [2.45, 2.75) is 76.9 Å². The van der Waals surface area contributed by atoms with Crippen LogP contribution in [0.15, 0.2) is 18.2 Å². The molecule has 4 rings (SSSR count). The SMILES string of the molecule is CCCCC[C@H]1CC[C@@H]2[C@H]3Cc4cccc(OCC=O)c4C[C@H]3C[C@H]2O[B]O1. The lowest BCUT2D eigenvalue weighted by atomic mass is 9.73. The van der Waals surface area contributed by atoms with E-state index in [1.807, 2.05) is 6.07 Å². The molecule has 5 atom stereocenters. The van der Waals surface area contributed by atoms with Crippen molar-refractivity contribution in [3.8, 4) is 5.75 Å². The lowest BCUT2D eigenvalue weighted by Crippen LogP contribution is -2.33. The number of hydrogen-bond donors (Lipinski definition) is 0. The van der Waals surface area contributed by atoms with Gasteiger partial charge in [0.05, 0.1) is 0 Å². The highest BCUT2D eigenvalue weighted by Gasteiger charge is 2.46. The van der Waals surface area contributed by atoms with E-state index < -0.39 is 0 Å². The number of benzene rings is 1. The zero-order chi connectivity index (χ0) is 19.3. The average molecular weight is 383 g/mol. The second-order valence-corrected chi connectivity index (χ2v) is 8.71. The highest BCUT2D eigenvalue weighted by molar-refractivity contribution is 6.18. The van der Waals surface area contributed by atoms with Crippen LogP contribution in [0, 0.1) is 17.8 Å². The molecule has 5 heteroatoms. The van der Waals surface area contributed by atoms with Crippen molar-refractivity contribution in [1.29, 1.82) is 0 Å². The van der Waals surface area contributed by atoms with E-state index in [0.29, 0.717) is 23.9 Å². The Bertz CT molecular complexity index is 664. The molecule has 1 aromatic rings. The Labute approximate surface area is 169 Å². The quantitative estimate of drug-likeness (QED) is 0.400. The van der Waals surface area contributed by atoms with Crippen LogP contribution < -0.4 is 4.74 Å². The second kappa shape index (κ2) is 9.45. The van der Waals surface area contributed by atoms with Crippen LogP contribution in [-0.4, -0.2) is 32.8 Å². The maximum Gasteiger partial charge on any atom is 0.488 e. The number of carbonyl (C=O) groups excluding carboxylic acids is 1. The second-order valence-electron chi connectivity index (χ2n) is 8.71. The summed E-state index contributed by atoms with van der Waals surface area (Å²) in [7, 11) is 1.65. The molecule has 0 unspecified atom stereocenters. The van der Waals surface area contributed by atoms with Crippen molar-refractivity contribution in [3.63, 3.8) is 0 Å². The van der Waals surface area contributed by atoms with E-state index in [1.165, 1.54) is 36.8 Å². The van der Waals surface area contributed by atoms with Gasteiger partial charge in [-0.25, -0.2) is 0 Å². The van der Waals surface area contributed by atoms with Gasteiger partial charge >= 0.3 is 7.69 Å². The van der Waals surface area contributed by atoms with Gasteiger partial charge < -0.3 is 14.0 Å². The molecule has 0 spiro atoms. The average Bonchev–Trinajstić information content (AvgIpc) is 3.02. The summed E-state index contributed by atoms with van der Waals surface area (Å²) in [4.78, 5) is 10.7. The molecule has 3 aliphatic rings. The molecule has 1 heterocycles. The van der Waals surface area contributed by atoms with Crippen molar-refractivity contribution in [3.05, 3.63) is 29.3 Å². The zero-order valence-electron chi connectivity index (χ0n) is 17.0. The summed E-state index contributed by atoms with van der Waals surface area (Å²) in [6.07, 6.45) is 11.9. The van der Waals surface area contributed by atoms with E-state index >= 15 is 0 Å². The standard InChI is InChI=1S/C23H32BO4/c1-2-3-4-7-18-9-10-19-20-13-16-6-5-8-22(26-12-11-25)21(16)14-17(20)15-23(19)28-24-27-18/h5-6,8,11,17-20,23H,2-4,7,9-10,12-15H2,1H3/t17-,18-,19+,20-,23+/m0/s1. The van der Waals surface area contributed by atoms with Gasteiger partial charge in [0.25, 0.3) is 0 Å². The molecule has 0 N–H and O–H groups in total. The Kier molecular flexibility index (Phi) is 6.74. The Morgan fingerprint density at radius 3 is 2.96 bits per heavy atom. The number of hydrogen-bond acceptors (Lipinski definition) is 4. The van der Waals surface area contributed by atoms with Gasteiger partial charge in [0.2, 0.25) is 0 Å². The van der Waals surface area contributed by atoms with E-state index in [9.17, 15) is 4.79 Å². The van der Waals surface area contributed by atoms with Crippen molar-refractivity contribution < 1.29 is 18.8 Å². The molecule has 0 bridgehead atoms. The third kappa shape index (κ3) is 4.31. The molecule has 151 valence electrons. The lowest BCUT2D eigenvalue weighted by Gasteiger charge is -2.34. The molecule has 0 amide bonds. The van der Waals surface area contributed by atoms with Crippen LogP contribution >= 0.6 is 0 Å². The normalized spacial score (nSPS) is 31.5. The van der Waals surface area contributed by atoms with Crippen LogP contribution in [0.25, 0.3) is 0 Å². The Morgan fingerprint density at radius 1 is 1.18 bits per heavy atom. The molecule has 2 aliphatic carbocycles. The van der Waals surface area contributed by atoms with Gasteiger partial charge in [-0.2, -0.15) is 0 Å². The summed E-state index contributed by atoms with van der Waals surface area (Å²) in [6, 6.07) is 6.30. The highest BCUT2D eigenvalue weighted by atomic mass is 16.6. The zero-order valence-corrected chi connectivity index (χ0v) is 17.0. The monoisotopic (exact) mass is 383 g/mol. The van der Waals surface area contributed by atoms with Crippen LogP contribution in [0.2, 0.25) is 0 Å². The van der Waals surface area contributed by atoms with Crippen molar-refractivity contribution >= 4 is 14.0 Å². The minimum absolute atomic E-state index is 0.130. The van der Waals surface area contributed by atoms with Crippen LogP contribution in [-0.2, 0) is 26.9 Å². The van der Waals surface area contributed by atoms with Gasteiger partial charge in [-0.15, -0.1) is 0 Å². The molecule has 0 aromatic heterocycles. The van der Waals surface area contributed by atoms with Crippen LogP contribution in [0.5, 0.6) is 5.75 Å². The Hall–Kier alpha value is -1.33. The van der Waals surface area contributed by atoms with Gasteiger partial charge in [0.15, 0.2) is 6.29 Å². The van der Waals surface area contributed by atoms with Gasteiger partial charge in [-0.1, -0.05) is 38.3 Å². The number of rotatable bonds is 7. The first-order valence-electron chi connectivity index (χ1n) is 11.1. The van der Waals surface area contributed by atoms with E-state index in [4.69, 9.17) is 14.0 Å². The summed E-state index contributed by atoms with van der Waals surface area (Å²) < 4.78 is 17.7. The first-order valence-corrected chi connectivity index (χ1v) is 11.1. The largest absolute Gasteiger partial charge is 0.488 e. The smallest absolute Gasteiger partial charge is 0.486 e. The van der Waals surface area contributed by atoms with Crippen LogP contribution in [0.4, 0.5) is 0 Å². The van der Waals surface area contributed by atoms with Crippen molar-refractivity contribution in [2.24, 2.45) is 17.8 Å². The predicted molar refractivity (Wildman–Crippen MR) is 109 cm³/mol. The number of fused-ring (bicyclic) bond motifs is 4. The van der Waals surface area contributed by atoms with E-state index in [-0.39, 0.29) is 12.7 Å². The minimum Gasteiger partial charge on any atom is -0.486 e. The molecule has 1 radical (unpaired) electrons. The lowest BCUT2D eigenvalue weighted by molar-refractivity contribution is -0.109. The van der Waals surface area contributed by atoms with Gasteiger partial charge in [-0.3, -0.25) is 4.79 Å². The topological polar surface area (TPSA) is 44.8 Å². The predicted octanol–water partition coefficient (Wildman–Crippen LogP) is 4.29. The van der Waals surface area contributed by atoms with E-state index in [0.717, 1.165) is 44.1 Å². The highest BCUT2D eigenvalue weighted by Crippen LogP contribution is 2.49. The summed E-state index contributed by atoms with van der Waals surface area (Å²) in [5.41, 5.74) is 2.70. The molecule has 1 aliphatic heterocycles. The van der Waals surface area contributed by atoms with E-state index in [1.54, 1.807) is 7.69 Å². The molecule has 4 nitrogen and oxygen atoms in total. The first-order chi connectivity index (χ1) is 13.8. The molecule has 2 fully saturated rings. The third-order valence-electron chi connectivity index (χ3n) is 7.06. The molecular weight excluding hydrogens is 351 g/mol. The summed E-state index contributed by atoms with van der Waals surface area (Å²) in [6.45, 7) is 2.37. The maximum absolute atomic E-state index is 10.7. The van der Waals surface area contributed by atoms with Crippen molar-refractivity contribution in [1.82, 2.24) is 0 Å². The van der Waals surface area contributed by atoms with Gasteiger partial charge in [0.1, 0.15) is 12.4 Å². The number of carbonyl (C=O) groups is 1. The maximum atomic E-state index is 10.7. The fourth-order valence-electron chi connectivity index (χ4n) is 5.65. The fraction of sp³-hybridized carbons (Fsp3) is 0.696. The van der Waals surface area contributed by atoms with Crippen LogP contribution in [0.1, 0.15) is 63.0 Å². The molecule has 1 aromatic carbocycles. The number of ether oxygens (including phenoxy) is 1. The minimum atomic E-state index is 0.130. The fourth-order valence-corrected chi connectivity index (χ4v) is 5.65. The first kappa shape index (κ1) is 20.0. The van der Waals surface area contributed by atoms with Gasteiger partial charge in [0, 0.05) is 12.2 Å². The van der Waals surface area contributed by atoms with Crippen LogP contribution in [0.3, 0.4) is 0 Å². The van der Waals surface area contributed by atoms with Gasteiger partial charge in [-0.05, 0) is 73.5 Å². The summed E-state index contributed by atoms with van der Waals surface area (Å²) >= 11 is 0. The number of aldehydes is 1. The molecule has 1 saturated heterocycles. The Balaban J connectivity index is 1.44. The molecule has 1 saturated carbocycles.